The summed E-state index contributed by atoms with van der Waals surface area (Å²) in [5, 5.41) is 0.940. The van der Waals surface area contributed by atoms with Gasteiger partial charge < -0.3 is 9.15 Å². The summed E-state index contributed by atoms with van der Waals surface area (Å²) >= 11 is 0. The van der Waals surface area contributed by atoms with E-state index in [1.165, 1.54) is 5.56 Å². The molecule has 4 nitrogen and oxygen atoms in total. The molecule has 4 heteroatoms. The second-order valence-electron chi connectivity index (χ2n) is 7.82. The number of hydrogen-bond acceptors (Lipinski definition) is 4. The lowest BCUT2D eigenvalue weighted by atomic mass is 9.96. The van der Waals surface area contributed by atoms with Crippen LogP contribution in [-0.4, -0.2) is 11.6 Å². The Labute approximate surface area is 175 Å². The monoisotopic (exact) mass is 397 g/mol. The Morgan fingerprint density at radius 3 is 2.40 bits per heavy atom. The molecule has 0 aliphatic carbocycles. The Morgan fingerprint density at radius 1 is 0.967 bits per heavy atom. The van der Waals surface area contributed by atoms with Crippen molar-refractivity contribution in [1.82, 2.24) is 4.90 Å². The zero-order valence-electron chi connectivity index (χ0n) is 17.1. The lowest BCUT2D eigenvalue weighted by Gasteiger charge is -2.34. The number of benzene rings is 3. The van der Waals surface area contributed by atoms with Crippen LogP contribution in [0.5, 0.6) is 5.75 Å². The third-order valence-corrected chi connectivity index (χ3v) is 5.95. The van der Waals surface area contributed by atoms with Gasteiger partial charge in [0.25, 0.3) is 0 Å². The molecule has 0 bridgehead atoms. The van der Waals surface area contributed by atoms with Crippen molar-refractivity contribution in [3.8, 4) is 16.9 Å². The normalized spacial score (nSPS) is 14.9. The molecular formula is C26H23NO3. The summed E-state index contributed by atoms with van der Waals surface area (Å²) in [5.74, 6) is 0.826. The van der Waals surface area contributed by atoms with Crippen molar-refractivity contribution in [3.63, 3.8) is 0 Å². The maximum absolute atomic E-state index is 12.3. The Hall–Kier alpha value is -3.37. The van der Waals surface area contributed by atoms with Gasteiger partial charge in [0.15, 0.2) is 0 Å². The van der Waals surface area contributed by atoms with Gasteiger partial charge >= 0.3 is 5.63 Å². The molecule has 0 saturated heterocycles. The molecule has 0 fully saturated rings. The van der Waals surface area contributed by atoms with E-state index in [9.17, 15) is 4.79 Å². The predicted octanol–water partition coefficient (Wildman–Crippen LogP) is 5.68. The van der Waals surface area contributed by atoms with Gasteiger partial charge in [0.2, 0.25) is 0 Å². The highest BCUT2D eigenvalue weighted by Crippen LogP contribution is 2.39. The predicted molar refractivity (Wildman–Crippen MR) is 119 cm³/mol. The molecule has 5 rings (SSSR count). The second kappa shape index (κ2) is 7.47. The molecule has 1 atom stereocenters. The zero-order chi connectivity index (χ0) is 20.7. The maximum atomic E-state index is 12.3. The van der Waals surface area contributed by atoms with Crippen LogP contribution in [0.15, 0.2) is 82.0 Å². The smallest absolute Gasteiger partial charge is 0.336 e. The molecule has 0 N–H and O–H groups in total. The van der Waals surface area contributed by atoms with E-state index in [0.717, 1.165) is 39.9 Å². The number of rotatable bonds is 3. The van der Waals surface area contributed by atoms with Crippen LogP contribution in [0.25, 0.3) is 22.1 Å². The number of nitrogens with zero attached hydrogens (tertiary/aromatic N) is 1. The summed E-state index contributed by atoms with van der Waals surface area (Å²) in [5.41, 5.74) is 5.40. The highest BCUT2D eigenvalue weighted by Gasteiger charge is 2.26. The number of fused-ring (bicyclic) bond motifs is 2. The number of hydrogen-bond donors (Lipinski definition) is 0. The molecule has 4 aromatic rings. The van der Waals surface area contributed by atoms with Gasteiger partial charge in [-0.2, -0.15) is 0 Å². The summed E-state index contributed by atoms with van der Waals surface area (Å²) in [4.78, 5) is 14.6. The minimum Gasteiger partial charge on any atom is -0.477 e. The molecule has 1 unspecified atom stereocenters. The van der Waals surface area contributed by atoms with Crippen molar-refractivity contribution < 1.29 is 9.15 Å². The van der Waals surface area contributed by atoms with Gasteiger partial charge in [-0.05, 0) is 36.6 Å². The lowest BCUT2D eigenvalue weighted by Crippen LogP contribution is -2.34. The second-order valence-corrected chi connectivity index (χ2v) is 7.82. The first-order valence-electron chi connectivity index (χ1n) is 10.2. The molecule has 3 aromatic carbocycles. The third kappa shape index (κ3) is 3.19. The van der Waals surface area contributed by atoms with E-state index >= 15 is 0 Å². The van der Waals surface area contributed by atoms with Crippen LogP contribution in [0.2, 0.25) is 0 Å². The van der Waals surface area contributed by atoms with E-state index in [1.54, 1.807) is 6.07 Å². The SMILES string of the molecule is Cc1c2c(cc3c(-c4ccccc4)cc(=O)oc13)CN(C(C)c1ccccc1)CO2. The first-order valence-corrected chi connectivity index (χ1v) is 10.2. The van der Waals surface area contributed by atoms with E-state index in [4.69, 9.17) is 9.15 Å². The Morgan fingerprint density at radius 2 is 1.67 bits per heavy atom. The molecule has 0 amide bonds. The molecule has 1 aliphatic heterocycles. The fourth-order valence-electron chi connectivity index (χ4n) is 4.29. The maximum Gasteiger partial charge on any atom is 0.336 e. The van der Waals surface area contributed by atoms with Gasteiger partial charge in [0, 0.05) is 35.2 Å². The van der Waals surface area contributed by atoms with Crippen LogP contribution in [-0.2, 0) is 6.54 Å². The van der Waals surface area contributed by atoms with Gasteiger partial charge in [-0.25, -0.2) is 4.79 Å². The summed E-state index contributed by atoms with van der Waals surface area (Å²) in [7, 11) is 0. The molecule has 0 spiro atoms. The van der Waals surface area contributed by atoms with Crippen LogP contribution in [0.4, 0.5) is 0 Å². The van der Waals surface area contributed by atoms with E-state index < -0.39 is 0 Å². The molecule has 30 heavy (non-hydrogen) atoms. The first-order chi connectivity index (χ1) is 14.6. The van der Waals surface area contributed by atoms with Crippen molar-refractivity contribution in [3.05, 3.63) is 99.9 Å². The zero-order valence-corrected chi connectivity index (χ0v) is 17.1. The number of ether oxygens (including phenoxy) is 1. The van der Waals surface area contributed by atoms with Crippen molar-refractivity contribution in [1.29, 1.82) is 0 Å². The van der Waals surface area contributed by atoms with E-state index in [0.29, 0.717) is 12.3 Å². The Bertz CT molecular complexity index is 1260. The summed E-state index contributed by atoms with van der Waals surface area (Å²) in [6.07, 6.45) is 0. The molecule has 150 valence electrons. The van der Waals surface area contributed by atoms with Crippen molar-refractivity contribution in [2.24, 2.45) is 0 Å². The van der Waals surface area contributed by atoms with Crippen LogP contribution < -0.4 is 10.4 Å². The highest BCUT2D eigenvalue weighted by atomic mass is 16.5. The van der Waals surface area contributed by atoms with Gasteiger partial charge in [-0.15, -0.1) is 0 Å². The largest absolute Gasteiger partial charge is 0.477 e. The Kier molecular flexibility index (Phi) is 4.64. The molecule has 1 aromatic heterocycles. The molecular weight excluding hydrogens is 374 g/mol. The molecule has 2 heterocycles. The highest BCUT2D eigenvalue weighted by molar-refractivity contribution is 5.96. The molecule has 1 aliphatic rings. The standard InChI is InChI=1S/C26H23NO3/c1-17-25-21(15-27(16-29-25)18(2)19-9-5-3-6-10-19)13-23-22(14-24(28)30-26(17)23)20-11-7-4-8-12-20/h3-14,18H,15-16H2,1-2H3. The quantitative estimate of drug-likeness (QED) is 0.417. The molecule has 0 radical (unpaired) electrons. The minimum atomic E-state index is -0.348. The van der Waals surface area contributed by atoms with Crippen molar-refractivity contribution in [2.45, 2.75) is 26.4 Å². The van der Waals surface area contributed by atoms with Gasteiger partial charge in [0.1, 0.15) is 18.1 Å². The minimum absolute atomic E-state index is 0.234. The summed E-state index contributed by atoms with van der Waals surface area (Å²) in [6.45, 7) is 5.44. The third-order valence-electron chi connectivity index (χ3n) is 5.95. The van der Waals surface area contributed by atoms with Gasteiger partial charge in [0.05, 0.1) is 0 Å². The van der Waals surface area contributed by atoms with E-state index in [1.807, 2.05) is 43.3 Å². The van der Waals surface area contributed by atoms with E-state index in [2.05, 4.69) is 42.2 Å². The average molecular weight is 397 g/mol. The average Bonchev–Trinajstić information content (AvgIpc) is 2.79. The summed E-state index contributed by atoms with van der Waals surface area (Å²) < 4.78 is 11.8. The molecule has 0 saturated carbocycles. The fourth-order valence-corrected chi connectivity index (χ4v) is 4.29. The van der Waals surface area contributed by atoms with Crippen LogP contribution in [0.3, 0.4) is 0 Å². The van der Waals surface area contributed by atoms with Crippen molar-refractivity contribution in [2.75, 3.05) is 6.73 Å². The van der Waals surface area contributed by atoms with Crippen LogP contribution in [0.1, 0.15) is 29.7 Å². The van der Waals surface area contributed by atoms with Crippen LogP contribution in [0, 0.1) is 6.92 Å². The van der Waals surface area contributed by atoms with Gasteiger partial charge in [-0.1, -0.05) is 60.7 Å². The fraction of sp³-hybridized carbons (Fsp3) is 0.192. The van der Waals surface area contributed by atoms with Crippen LogP contribution >= 0.6 is 0 Å². The lowest BCUT2D eigenvalue weighted by molar-refractivity contribution is 0.0613. The Balaban J connectivity index is 1.62. The topological polar surface area (TPSA) is 42.7 Å². The first kappa shape index (κ1) is 18.6. The van der Waals surface area contributed by atoms with E-state index in [-0.39, 0.29) is 11.7 Å². The van der Waals surface area contributed by atoms with Crippen molar-refractivity contribution >= 4 is 11.0 Å². The number of aryl methyl sites for hydroxylation is 1. The van der Waals surface area contributed by atoms with Gasteiger partial charge in [-0.3, -0.25) is 4.90 Å². The summed E-state index contributed by atoms with van der Waals surface area (Å²) in [6, 6.07) is 24.4.